The third-order valence-corrected chi connectivity index (χ3v) is 6.63. The van der Waals surface area contributed by atoms with Crippen molar-refractivity contribution in [3.63, 3.8) is 0 Å². The molecule has 1 aromatic carbocycles. The van der Waals surface area contributed by atoms with Crippen LogP contribution in [0.15, 0.2) is 36.0 Å². The molecule has 1 unspecified atom stereocenters. The predicted octanol–water partition coefficient (Wildman–Crippen LogP) is 2.85. The molecule has 2 aromatic heterocycles. The Kier molecular flexibility index (Phi) is 4.45. The number of benzene rings is 1. The van der Waals surface area contributed by atoms with E-state index in [0.29, 0.717) is 35.6 Å². The maximum absolute atomic E-state index is 10.7. The number of nitrogens with zero attached hydrogens (tertiary/aromatic N) is 4. The van der Waals surface area contributed by atoms with Crippen LogP contribution in [0.25, 0.3) is 0 Å². The molecular formula is C21H18ClN5O2S. The molecule has 2 aliphatic rings. The van der Waals surface area contributed by atoms with Gasteiger partial charge in [0.2, 0.25) is 5.95 Å². The highest BCUT2D eigenvalue weighted by Crippen LogP contribution is 2.49. The number of nitrogen functional groups attached to an aromatic ring is 1. The minimum Gasteiger partial charge on any atom is -0.379 e. The van der Waals surface area contributed by atoms with Crippen LogP contribution >= 0.6 is 22.9 Å². The van der Waals surface area contributed by atoms with Crippen molar-refractivity contribution in [1.82, 2.24) is 15.0 Å². The summed E-state index contributed by atoms with van der Waals surface area (Å²) in [5.74, 6) is 6.74. The van der Waals surface area contributed by atoms with Gasteiger partial charge >= 0.3 is 0 Å². The van der Waals surface area contributed by atoms with E-state index in [1.807, 2.05) is 22.4 Å². The van der Waals surface area contributed by atoms with Crippen LogP contribution in [-0.4, -0.2) is 39.8 Å². The molecule has 0 amide bonds. The number of rotatable bonds is 2. The summed E-state index contributed by atoms with van der Waals surface area (Å²) in [6, 6.07) is 6.02. The largest absolute Gasteiger partial charge is 0.379 e. The van der Waals surface area contributed by atoms with Crippen LogP contribution in [0.5, 0.6) is 0 Å². The highest BCUT2D eigenvalue weighted by Gasteiger charge is 2.49. The van der Waals surface area contributed by atoms with E-state index in [2.05, 4.69) is 32.9 Å². The van der Waals surface area contributed by atoms with Crippen LogP contribution < -0.4 is 10.6 Å². The molecule has 1 fully saturated rings. The summed E-state index contributed by atoms with van der Waals surface area (Å²) >= 11 is 7.76. The number of fused-ring (bicyclic) bond motifs is 2. The standard InChI is InChI=1S/C21H18ClN5O2S/c1-20(28,18-24-6-7-30-18)5-4-13-2-3-14-16(8-13)27(10-21(14)11-29-12-21)17-15(22)9-25-19(23)26-17/h2-3,6-9,28H,10-12H2,1H3,(H2,23,25,26). The monoisotopic (exact) mass is 439 g/mol. The first kappa shape index (κ1) is 19.3. The summed E-state index contributed by atoms with van der Waals surface area (Å²) in [5, 5.41) is 13.5. The lowest BCUT2D eigenvalue weighted by molar-refractivity contribution is -0.0506. The van der Waals surface area contributed by atoms with E-state index in [1.165, 1.54) is 23.1 Å². The Morgan fingerprint density at radius 2 is 2.20 bits per heavy atom. The van der Waals surface area contributed by atoms with Gasteiger partial charge in [-0.05, 0) is 24.6 Å². The average molecular weight is 440 g/mol. The topological polar surface area (TPSA) is 97.4 Å². The summed E-state index contributed by atoms with van der Waals surface area (Å²) in [4.78, 5) is 14.5. The number of ether oxygens (including phenoxy) is 1. The van der Waals surface area contributed by atoms with E-state index < -0.39 is 5.60 Å². The number of anilines is 3. The molecule has 1 atom stereocenters. The van der Waals surface area contributed by atoms with Gasteiger partial charge in [-0.1, -0.05) is 29.5 Å². The minimum absolute atomic E-state index is 0.100. The van der Waals surface area contributed by atoms with Crippen molar-refractivity contribution >= 4 is 40.4 Å². The lowest BCUT2D eigenvalue weighted by atomic mass is 9.80. The van der Waals surface area contributed by atoms with Gasteiger partial charge in [0.25, 0.3) is 0 Å². The van der Waals surface area contributed by atoms with Crippen LogP contribution in [0.4, 0.5) is 17.5 Å². The Bertz CT molecular complexity index is 1180. The van der Waals surface area contributed by atoms with Crippen molar-refractivity contribution in [3.05, 3.63) is 57.1 Å². The molecule has 1 saturated heterocycles. The fourth-order valence-electron chi connectivity index (χ4n) is 3.81. The molecular weight excluding hydrogens is 422 g/mol. The van der Waals surface area contributed by atoms with Gasteiger partial charge in [0, 0.05) is 29.4 Å². The summed E-state index contributed by atoms with van der Waals surface area (Å²) in [6.45, 7) is 3.60. The van der Waals surface area contributed by atoms with Crippen molar-refractivity contribution < 1.29 is 9.84 Å². The SMILES string of the molecule is CC(O)(C#Cc1ccc2c(c1)N(c1nc(N)ncc1Cl)CC21COC1)c1nccs1. The second-order valence-electron chi connectivity index (χ2n) is 7.65. The number of nitrogens with two attached hydrogens (primary N) is 1. The van der Waals surface area contributed by atoms with Crippen molar-refractivity contribution in [3.8, 4) is 11.8 Å². The van der Waals surface area contributed by atoms with Gasteiger partial charge in [0.1, 0.15) is 10.0 Å². The molecule has 9 heteroatoms. The van der Waals surface area contributed by atoms with Crippen molar-refractivity contribution in [2.75, 3.05) is 30.4 Å². The van der Waals surface area contributed by atoms with Crippen LogP contribution in [0.1, 0.15) is 23.1 Å². The zero-order valence-electron chi connectivity index (χ0n) is 16.1. The van der Waals surface area contributed by atoms with E-state index in [-0.39, 0.29) is 11.4 Å². The van der Waals surface area contributed by atoms with Crippen molar-refractivity contribution in [2.24, 2.45) is 0 Å². The van der Waals surface area contributed by atoms with Gasteiger partial charge in [-0.25, -0.2) is 9.97 Å². The van der Waals surface area contributed by atoms with Crippen LogP contribution in [0.2, 0.25) is 5.02 Å². The first-order valence-corrected chi connectivity index (χ1v) is 10.6. The molecule has 2 aliphatic heterocycles. The molecule has 30 heavy (non-hydrogen) atoms. The van der Waals surface area contributed by atoms with E-state index in [4.69, 9.17) is 22.1 Å². The average Bonchev–Trinajstić information content (AvgIpc) is 3.35. The predicted molar refractivity (Wildman–Crippen MR) is 116 cm³/mol. The number of aromatic nitrogens is 3. The molecule has 0 saturated carbocycles. The molecule has 3 N–H and O–H groups in total. The normalized spacial score (nSPS) is 18.3. The van der Waals surface area contributed by atoms with E-state index in [9.17, 15) is 5.11 Å². The first-order chi connectivity index (χ1) is 14.4. The molecule has 152 valence electrons. The maximum atomic E-state index is 10.7. The maximum Gasteiger partial charge on any atom is 0.222 e. The summed E-state index contributed by atoms with van der Waals surface area (Å²) in [7, 11) is 0. The zero-order valence-corrected chi connectivity index (χ0v) is 17.7. The fourth-order valence-corrected chi connectivity index (χ4v) is 4.66. The Labute approximate surface area is 182 Å². The van der Waals surface area contributed by atoms with Gasteiger partial charge in [0.05, 0.1) is 24.8 Å². The second kappa shape index (κ2) is 6.93. The second-order valence-corrected chi connectivity index (χ2v) is 8.95. The fraction of sp³-hybridized carbons (Fsp3) is 0.286. The molecule has 0 aliphatic carbocycles. The van der Waals surface area contributed by atoms with E-state index in [1.54, 1.807) is 13.1 Å². The lowest BCUT2D eigenvalue weighted by Crippen LogP contribution is -2.49. The summed E-state index contributed by atoms with van der Waals surface area (Å²) in [6.07, 6.45) is 3.16. The molecule has 5 rings (SSSR count). The number of aliphatic hydroxyl groups is 1. The number of thiazole rings is 1. The van der Waals surface area contributed by atoms with Crippen molar-refractivity contribution in [2.45, 2.75) is 17.9 Å². The molecule has 4 heterocycles. The van der Waals surface area contributed by atoms with Crippen LogP contribution in [0, 0.1) is 11.8 Å². The number of hydrogen-bond acceptors (Lipinski definition) is 8. The van der Waals surface area contributed by atoms with Gasteiger partial charge in [-0.15, -0.1) is 11.3 Å². The molecule has 1 spiro atoms. The van der Waals surface area contributed by atoms with Gasteiger partial charge in [-0.2, -0.15) is 4.98 Å². The highest BCUT2D eigenvalue weighted by molar-refractivity contribution is 7.09. The highest BCUT2D eigenvalue weighted by atomic mass is 35.5. The third-order valence-electron chi connectivity index (χ3n) is 5.38. The molecule has 7 nitrogen and oxygen atoms in total. The van der Waals surface area contributed by atoms with Crippen molar-refractivity contribution in [1.29, 1.82) is 0 Å². The number of halogens is 1. The molecule has 0 bridgehead atoms. The number of hydrogen-bond donors (Lipinski definition) is 2. The Morgan fingerprint density at radius 1 is 1.37 bits per heavy atom. The first-order valence-electron chi connectivity index (χ1n) is 9.31. The molecule has 3 aromatic rings. The summed E-state index contributed by atoms with van der Waals surface area (Å²) in [5.41, 5.74) is 7.29. The Morgan fingerprint density at radius 3 is 2.90 bits per heavy atom. The molecule has 0 radical (unpaired) electrons. The van der Waals surface area contributed by atoms with Gasteiger partial charge in [-0.3, -0.25) is 0 Å². The van der Waals surface area contributed by atoms with Crippen LogP contribution in [-0.2, 0) is 15.8 Å². The quantitative estimate of drug-likeness (QED) is 0.592. The summed E-state index contributed by atoms with van der Waals surface area (Å²) < 4.78 is 5.53. The van der Waals surface area contributed by atoms with Gasteiger partial charge in [0.15, 0.2) is 11.4 Å². The minimum atomic E-state index is -1.32. The van der Waals surface area contributed by atoms with Crippen LogP contribution in [0.3, 0.4) is 0 Å². The Balaban J connectivity index is 1.56. The lowest BCUT2D eigenvalue weighted by Gasteiger charge is -2.38. The van der Waals surface area contributed by atoms with E-state index >= 15 is 0 Å². The Hall–Kier alpha value is -2.70. The van der Waals surface area contributed by atoms with Gasteiger partial charge < -0.3 is 20.5 Å². The third kappa shape index (κ3) is 3.11. The van der Waals surface area contributed by atoms with E-state index in [0.717, 1.165) is 11.3 Å². The zero-order chi connectivity index (χ0) is 20.9. The smallest absolute Gasteiger partial charge is 0.222 e.